The third-order valence-corrected chi connectivity index (χ3v) is 9.72. The molecule has 0 bridgehead atoms. The Hall–Kier alpha value is 0.860. The van der Waals surface area contributed by atoms with E-state index >= 15 is 0 Å². The van der Waals surface area contributed by atoms with Gasteiger partial charge in [0.05, 0.1) is 24.6 Å². The maximum absolute atomic E-state index is 2.56. The van der Waals surface area contributed by atoms with Gasteiger partial charge >= 0.3 is 0 Å². The summed E-state index contributed by atoms with van der Waals surface area (Å²) < 4.78 is 0. The second-order valence-corrected chi connectivity index (χ2v) is 16.2. The summed E-state index contributed by atoms with van der Waals surface area (Å²) in [5.41, 5.74) is 0. The Morgan fingerprint density at radius 2 is 0.824 bits per heavy atom. The second-order valence-electron chi connectivity index (χ2n) is 6.40. The molecule has 0 aliphatic carbocycles. The predicted molar refractivity (Wildman–Crippen MR) is 93.6 cm³/mol. The SMILES string of the molecule is CCC[P+](C)(CCC)CCC.CC[P+](C)(C)C. The number of hydrogen-bond donors (Lipinski definition) is 0. The fraction of sp³-hybridized carbons (Fsp3) is 1.00. The Labute approximate surface area is 113 Å². The van der Waals surface area contributed by atoms with E-state index in [4.69, 9.17) is 0 Å². The molecule has 0 aliphatic rings. The molecular weight excluding hydrogens is 242 g/mol. The fourth-order valence-electron chi connectivity index (χ4n) is 1.95. The van der Waals surface area contributed by atoms with Crippen LogP contribution in [0.3, 0.4) is 0 Å². The molecule has 0 aromatic carbocycles. The van der Waals surface area contributed by atoms with Gasteiger partial charge in [0.15, 0.2) is 0 Å². The molecule has 0 aliphatic heterocycles. The van der Waals surface area contributed by atoms with Crippen LogP contribution in [0.4, 0.5) is 0 Å². The van der Waals surface area contributed by atoms with E-state index < -0.39 is 14.5 Å². The van der Waals surface area contributed by atoms with Gasteiger partial charge in [-0.3, -0.25) is 0 Å². The Balaban J connectivity index is 0. The monoisotopic (exact) mass is 280 g/mol. The number of hydrogen-bond acceptors (Lipinski definition) is 0. The van der Waals surface area contributed by atoms with Crippen LogP contribution >= 0.6 is 14.5 Å². The summed E-state index contributed by atoms with van der Waals surface area (Å²) in [7, 11) is -0.866. The highest BCUT2D eigenvalue weighted by Crippen LogP contribution is 2.56. The van der Waals surface area contributed by atoms with Crippen molar-refractivity contribution >= 4 is 14.5 Å². The van der Waals surface area contributed by atoms with E-state index in [0.29, 0.717) is 0 Å². The van der Waals surface area contributed by atoms with Crippen LogP contribution in [0.15, 0.2) is 0 Å². The smallest absolute Gasteiger partial charge is 0.0589 e. The van der Waals surface area contributed by atoms with Crippen LogP contribution in [0, 0.1) is 0 Å². The first-order valence-electron chi connectivity index (χ1n) is 7.38. The van der Waals surface area contributed by atoms with Gasteiger partial charge in [0.25, 0.3) is 0 Å². The van der Waals surface area contributed by atoms with Crippen LogP contribution in [0.25, 0.3) is 0 Å². The van der Waals surface area contributed by atoms with Crippen molar-refractivity contribution in [3.63, 3.8) is 0 Å². The quantitative estimate of drug-likeness (QED) is 0.519. The van der Waals surface area contributed by atoms with Gasteiger partial charge in [-0.2, -0.15) is 0 Å². The average Bonchev–Trinajstić information content (AvgIpc) is 2.18. The summed E-state index contributed by atoms with van der Waals surface area (Å²) in [4.78, 5) is 0. The summed E-state index contributed by atoms with van der Waals surface area (Å²) in [6, 6.07) is 0. The van der Waals surface area contributed by atoms with E-state index in [-0.39, 0.29) is 0 Å². The molecule has 0 fully saturated rings. The first-order valence-corrected chi connectivity index (χ1v) is 13.5. The van der Waals surface area contributed by atoms with Crippen LogP contribution in [-0.2, 0) is 0 Å². The first-order chi connectivity index (χ1) is 7.74. The Kier molecular flexibility index (Phi) is 12.8. The minimum Gasteiger partial charge on any atom is -0.0619 e. The minimum atomic E-state index is -0.469. The van der Waals surface area contributed by atoms with E-state index in [9.17, 15) is 0 Å². The molecule has 0 nitrogen and oxygen atoms in total. The van der Waals surface area contributed by atoms with Gasteiger partial charge in [-0.25, -0.2) is 0 Å². The summed E-state index contributed by atoms with van der Waals surface area (Å²) in [6.07, 6.45) is 10.1. The zero-order valence-electron chi connectivity index (χ0n) is 13.8. The van der Waals surface area contributed by atoms with Gasteiger partial charge in [0.2, 0.25) is 0 Å². The van der Waals surface area contributed by atoms with Gasteiger partial charge in [-0.1, -0.05) is 20.8 Å². The van der Waals surface area contributed by atoms with Gasteiger partial charge in [-0.15, -0.1) is 0 Å². The topological polar surface area (TPSA) is 0 Å². The first kappa shape index (κ1) is 20.2. The van der Waals surface area contributed by atoms with Crippen molar-refractivity contribution in [1.29, 1.82) is 0 Å². The highest BCUT2D eigenvalue weighted by atomic mass is 31.2. The van der Waals surface area contributed by atoms with Gasteiger partial charge < -0.3 is 0 Å². The molecule has 0 saturated heterocycles. The molecule has 0 unspecified atom stereocenters. The molecule has 17 heavy (non-hydrogen) atoms. The van der Waals surface area contributed by atoms with Gasteiger partial charge in [0.1, 0.15) is 0 Å². The van der Waals surface area contributed by atoms with E-state index in [0.717, 1.165) is 0 Å². The minimum absolute atomic E-state index is 0.397. The Morgan fingerprint density at radius 1 is 0.588 bits per heavy atom. The van der Waals surface area contributed by atoms with Crippen LogP contribution in [-0.4, -0.2) is 51.3 Å². The molecule has 2 heteroatoms. The molecule has 0 atom stereocenters. The lowest BCUT2D eigenvalue weighted by molar-refractivity contribution is 1.00. The van der Waals surface area contributed by atoms with Crippen LogP contribution < -0.4 is 0 Å². The average molecular weight is 280 g/mol. The maximum Gasteiger partial charge on any atom is 0.0589 e. The van der Waals surface area contributed by atoms with Crippen molar-refractivity contribution < 1.29 is 0 Å². The van der Waals surface area contributed by atoms with Crippen LogP contribution in [0.2, 0.25) is 0 Å². The van der Waals surface area contributed by atoms with Gasteiger partial charge in [-0.05, 0) is 26.2 Å². The molecule has 0 spiro atoms. The van der Waals surface area contributed by atoms with Crippen LogP contribution in [0.1, 0.15) is 47.0 Å². The van der Waals surface area contributed by atoms with E-state index in [1.807, 2.05) is 0 Å². The predicted octanol–water partition coefficient (Wildman–Crippen LogP) is 5.78. The molecule has 0 aromatic rings. The number of rotatable bonds is 7. The molecular formula is C15H38P2+2. The molecule has 0 heterocycles. The van der Waals surface area contributed by atoms with E-state index in [1.165, 1.54) is 43.9 Å². The lowest BCUT2D eigenvalue weighted by Crippen LogP contribution is -2.05. The van der Waals surface area contributed by atoms with Crippen molar-refractivity contribution in [3.8, 4) is 0 Å². The Bertz CT molecular complexity index is 142. The van der Waals surface area contributed by atoms with Crippen molar-refractivity contribution in [3.05, 3.63) is 0 Å². The molecule has 0 aromatic heterocycles. The van der Waals surface area contributed by atoms with Crippen molar-refractivity contribution in [2.45, 2.75) is 47.0 Å². The van der Waals surface area contributed by atoms with Crippen molar-refractivity contribution in [1.82, 2.24) is 0 Å². The summed E-state index contributed by atoms with van der Waals surface area (Å²) in [6.45, 7) is 18.8. The fourth-order valence-corrected chi connectivity index (χ4v) is 5.86. The van der Waals surface area contributed by atoms with E-state index in [2.05, 4.69) is 54.4 Å². The van der Waals surface area contributed by atoms with Crippen molar-refractivity contribution in [2.75, 3.05) is 51.3 Å². The second kappa shape index (κ2) is 10.8. The molecule has 0 radical (unpaired) electrons. The lowest BCUT2D eigenvalue weighted by Gasteiger charge is -2.21. The van der Waals surface area contributed by atoms with E-state index in [1.54, 1.807) is 0 Å². The normalized spacial score (nSPS) is 12.0. The highest BCUT2D eigenvalue weighted by Gasteiger charge is 2.27. The molecule has 0 N–H and O–H groups in total. The Morgan fingerprint density at radius 3 is 0.941 bits per heavy atom. The summed E-state index contributed by atoms with van der Waals surface area (Å²) in [5.74, 6) is 0. The zero-order valence-corrected chi connectivity index (χ0v) is 15.6. The highest BCUT2D eigenvalue weighted by molar-refractivity contribution is 7.75. The van der Waals surface area contributed by atoms with Gasteiger partial charge in [0, 0.05) is 41.2 Å². The molecule has 106 valence electrons. The largest absolute Gasteiger partial charge is 0.0619 e. The van der Waals surface area contributed by atoms with Crippen molar-refractivity contribution in [2.24, 2.45) is 0 Å². The lowest BCUT2D eigenvalue weighted by atomic mass is 10.6. The molecule has 0 rings (SSSR count). The molecule has 0 amide bonds. The third kappa shape index (κ3) is 14.8. The zero-order chi connectivity index (χ0) is 13.9. The standard InChI is InChI=1S/C10H24P.C5H14P/c1-5-8-11(4,9-6-2)10-7-3;1-5-6(2,3)4/h5-10H2,1-4H3;5H2,1-4H3/q2*+1. The summed E-state index contributed by atoms with van der Waals surface area (Å²) >= 11 is 0. The molecule has 0 saturated carbocycles. The third-order valence-electron chi connectivity index (χ3n) is 3.24. The van der Waals surface area contributed by atoms with Crippen LogP contribution in [0.5, 0.6) is 0 Å². The maximum atomic E-state index is 2.56. The summed E-state index contributed by atoms with van der Waals surface area (Å²) in [5, 5.41) is 0.